The van der Waals surface area contributed by atoms with E-state index in [2.05, 4.69) is 10.3 Å². The number of hydrogen-bond acceptors (Lipinski definition) is 5. The van der Waals surface area contributed by atoms with Gasteiger partial charge in [-0.3, -0.25) is 0 Å². The lowest BCUT2D eigenvalue weighted by Gasteiger charge is -2.16. The fourth-order valence-electron chi connectivity index (χ4n) is 2.83. The van der Waals surface area contributed by atoms with Crippen molar-refractivity contribution < 1.29 is 18.6 Å². The largest absolute Gasteiger partial charge is 0.490 e. The van der Waals surface area contributed by atoms with E-state index >= 15 is 0 Å². The van der Waals surface area contributed by atoms with Crippen LogP contribution in [0.25, 0.3) is 0 Å². The van der Waals surface area contributed by atoms with Gasteiger partial charge in [0.15, 0.2) is 11.5 Å². The molecular weight excluding hydrogens is 442 g/mol. The average Bonchev–Trinajstić information content (AvgIpc) is 2.75. The molecule has 1 N–H and O–H groups in total. The van der Waals surface area contributed by atoms with E-state index < -0.39 is 5.82 Å². The molecule has 0 aliphatic carbocycles. The number of pyridine rings is 1. The van der Waals surface area contributed by atoms with Crippen molar-refractivity contribution in [3.8, 4) is 17.4 Å². The monoisotopic (exact) mass is 464 g/mol. The number of ether oxygens (including phenoxy) is 3. The van der Waals surface area contributed by atoms with Crippen LogP contribution in [0.1, 0.15) is 18.1 Å². The molecule has 0 bridgehead atoms. The predicted octanol–water partition coefficient (Wildman–Crippen LogP) is 5.67. The summed E-state index contributed by atoms with van der Waals surface area (Å²) in [7, 11) is 0. The van der Waals surface area contributed by atoms with Gasteiger partial charge in [0.05, 0.1) is 16.7 Å². The minimum Gasteiger partial charge on any atom is -0.490 e. The van der Waals surface area contributed by atoms with Crippen molar-refractivity contribution in [3.63, 3.8) is 0 Å². The van der Waals surface area contributed by atoms with Gasteiger partial charge in [-0.1, -0.05) is 35.3 Å². The van der Waals surface area contributed by atoms with Gasteiger partial charge in [0.1, 0.15) is 19.0 Å². The van der Waals surface area contributed by atoms with Crippen LogP contribution in [0, 0.1) is 5.82 Å². The Balaban J connectivity index is 1.60. The Labute approximate surface area is 191 Å². The maximum Gasteiger partial charge on any atom is 0.213 e. The molecule has 3 aromatic rings. The van der Waals surface area contributed by atoms with E-state index in [1.54, 1.807) is 30.5 Å². The van der Waals surface area contributed by atoms with Crippen LogP contribution >= 0.6 is 23.2 Å². The van der Waals surface area contributed by atoms with Crippen molar-refractivity contribution in [2.75, 3.05) is 19.8 Å². The highest BCUT2D eigenvalue weighted by atomic mass is 35.5. The van der Waals surface area contributed by atoms with E-state index in [1.165, 1.54) is 6.07 Å². The van der Waals surface area contributed by atoms with Crippen molar-refractivity contribution in [1.82, 2.24) is 10.3 Å². The highest BCUT2D eigenvalue weighted by Crippen LogP contribution is 2.37. The van der Waals surface area contributed by atoms with Gasteiger partial charge in [-0.2, -0.15) is 0 Å². The third kappa shape index (κ3) is 6.72. The summed E-state index contributed by atoms with van der Waals surface area (Å²) in [5.41, 5.74) is 1.18. The minimum absolute atomic E-state index is 0.0617. The molecule has 1 heterocycles. The Morgan fingerprint density at radius 2 is 1.87 bits per heavy atom. The number of rotatable bonds is 11. The summed E-state index contributed by atoms with van der Waals surface area (Å²) in [4.78, 5) is 4.11. The molecular formula is C23H23Cl2FN2O3. The van der Waals surface area contributed by atoms with Crippen LogP contribution in [-0.2, 0) is 13.2 Å². The van der Waals surface area contributed by atoms with Crippen LogP contribution in [0.2, 0.25) is 10.0 Å². The Morgan fingerprint density at radius 3 is 2.61 bits per heavy atom. The van der Waals surface area contributed by atoms with Gasteiger partial charge in [-0.05, 0) is 42.8 Å². The molecule has 5 nitrogen and oxygen atoms in total. The normalized spacial score (nSPS) is 10.7. The molecule has 3 rings (SSSR count). The first-order valence-electron chi connectivity index (χ1n) is 9.84. The number of nitrogens with zero attached hydrogens (tertiary/aromatic N) is 1. The van der Waals surface area contributed by atoms with Crippen LogP contribution in [0.15, 0.2) is 54.7 Å². The van der Waals surface area contributed by atoms with Gasteiger partial charge in [0, 0.05) is 30.9 Å². The highest BCUT2D eigenvalue weighted by Gasteiger charge is 2.15. The molecule has 2 aromatic carbocycles. The number of nitrogens with one attached hydrogen (secondary N) is 1. The second-order valence-electron chi connectivity index (χ2n) is 6.52. The first-order chi connectivity index (χ1) is 15.1. The summed E-state index contributed by atoms with van der Waals surface area (Å²) in [5, 5.41) is 3.96. The molecule has 0 saturated heterocycles. The van der Waals surface area contributed by atoms with E-state index in [-0.39, 0.29) is 12.2 Å². The van der Waals surface area contributed by atoms with E-state index in [1.807, 2.05) is 25.1 Å². The average molecular weight is 465 g/mol. The van der Waals surface area contributed by atoms with E-state index in [4.69, 9.17) is 37.4 Å². The second-order valence-corrected chi connectivity index (χ2v) is 7.33. The van der Waals surface area contributed by atoms with Crippen molar-refractivity contribution in [3.05, 3.63) is 81.7 Å². The topological polar surface area (TPSA) is 52.6 Å². The number of halogens is 3. The van der Waals surface area contributed by atoms with E-state index in [0.29, 0.717) is 53.7 Å². The Morgan fingerprint density at radius 1 is 1.00 bits per heavy atom. The quantitative estimate of drug-likeness (QED) is 0.370. The Bertz CT molecular complexity index is 970. The third-order valence-electron chi connectivity index (χ3n) is 4.29. The molecule has 0 fully saturated rings. The lowest BCUT2D eigenvalue weighted by Crippen LogP contribution is -2.20. The van der Waals surface area contributed by atoms with Crippen LogP contribution in [0.4, 0.5) is 4.39 Å². The van der Waals surface area contributed by atoms with Gasteiger partial charge in [0.2, 0.25) is 5.88 Å². The molecule has 0 saturated carbocycles. The molecule has 0 amide bonds. The first-order valence-corrected chi connectivity index (χ1v) is 10.6. The summed E-state index contributed by atoms with van der Waals surface area (Å²) < 4.78 is 31.1. The maximum atomic E-state index is 14.0. The molecule has 0 aliphatic heterocycles. The third-order valence-corrected chi connectivity index (χ3v) is 4.92. The van der Waals surface area contributed by atoms with Crippen molar-refractivity contribution in [2.24, 2.45) is 0 Å². The molecule has 31 heavy (non-hydrogen) atoms. The lowest BCUT2D eigenvalue weighted by molar-refractivity contribution is 0.265. The van der Waals surface area contributed by atoms with Gasteiger partial charge in [0.25, 0.3) is 0 Å². The fraction of sp³-hybridized carbons (Fsp3) is 0.261. The SMILES string of the molecule is CCOc1cc(CNCCOc2ccccn2)cc(Cl)c1OCc1c(F)cccc1Cl. The van der Waals surface area contributed by atoms with Gasteiger partial charge >= 0.3 is 0 Å². The molecule has 164 valence electrons. The number of aromatic nitrogens is 1. The zero-order valence-corrected chi connectivity index (χ0v) is 18.5. The Hall–Kier alpha value is -2.54. The summed E-state index contributed by atoms with van der Waals surface area (Å²) in [6.45, 7) is 3.90. The molecule has 0 aliphatic rings. The smallest absolute Gasteiger partial charge is 0.213 e. The standard InChI is InChI=1S/C23H23Cl2FN2O3/c1-2-29-21-13-16(14-27-10-11-30-22-8-3-4-9-28-22)12-19(25)23(21)31-15-17-18(24)6-5-7-20(17)26/h3-9,12-13,27H,2,10-11,14-15H2,1H3. The van der Waals surface area contributed by atoms with Crippen LogP contribution in [0.5, 0.6) is 17.4 Å². The maximum absolute atomic E-state index is 14.0. The molecule has 0 unspecified atom stereocenters. The highest BCUT2D eigenvalue weighted by molar-refractivity contribution is 6.32. The molecule has 0 spiro atoms. The van der Waals surface area contributed by atoms with Crippen LogP contribution in [0.3, 0.4) is 0 Å². The van der Waals surface area contributed by atoms with Crippen LogP contribution < -0.4 is 19.5 Å². The van der Waals surface area contributed by atoms with Crippen molar-refractivity contribution in [2.45, 2.75) is 20.1 Å². The lowest BCUT2D eigenvalue weighted by atomic mass is 10.2. The van der Waals surface area contributed by atoms with E-state index in [9.17, 15) is 4.39 Å². The summed E-state index contributed by atoms with van der Waals surface area (Å²) in [6.07, 6.45) is 1.68. The summed E-state index contributed by atoms with van der Waals surface area (Å²) in [6, 6.07) is 13.6. The molecule has 0 atom stereocenters. The van der Waals surface area contributed by atoms with Crippen molar-refractivity contribution >= 4 is 23.2 Å². The number of benzene rings is 2. The second kappa shape index (κ2) is 11.7. The molecule has 1 aromatic heterocycles. The van der Waals surface area contributed by atoms with E-state index in [0.717, 1.165) is 5.56 Å². The number of hydrogen-bond donors (Lipinski definition) is 1. The zero-order chi connectivity index (χ0) is 22.1. The fourth-order valence-corrected chi connectivity index (χ4v) is 3.34. The van der Waals surface area contributed by atoms with Crippen LogP contribution in [-0.4, -0.2) is 24.7 Å². The van der Waals surface area contributed by atoms with Gasteiger partial charge < -0.3 is 19.5 Å². The van der Waals surface area contributed by atoms with Crippen molar-refractivity contribution in [1.29, 1.82) is 0 Å². The predicted molar refractivity (Wildman–Crippen MR) is 120 cm³/mol. The zero-order valence-electron chi connectivity index (χ0n) is 17.0. The van der Waals surface area contributed by atoms with Gasteiger partial charge in [-0.25, -0.2) is 9.37 Å². The minimum atomic E-state index is -0.435. The summed E-state index contributed by atoms with van der Waals surface area (Å²) >= 11 is 12.5. The van der Waals surface area contributed by atoms with Gasteiger partial charge in [-0.15, -0.1) is 0 Å². The first kappa shape index (κ1) is 23.1. The molecule has 0 radical (unpaired) electrons. The Kier molecular flexibility index (Phi) is 8.76. The summed E-state index contributed by atoms with van der Waals surface area (Å²) in [5.74, 6) is 0.992. The molecule has 8 heteroatoms.